The summed E-state index contributed by atoms with van der Waals surface area (Å²) in [7, 11) is 0. The molecule has 3 heteroatoms. The third-order valence-electron chi connectivity index (χ3n) is 4.80. The molecular formula is C22H26N2O. The van der Waals surface area contributed by atoms with Gasteiger partial charge in [-0.15, -0.1) is 0 Å². The summed E-state index contributed by atoms with van der Waals surface area (Å²) in [5.41, 5.74) is 5.53. The first-order valence-corrected chi connectivity index (χ1v) is 9.13. The predicted octanol–water partition coefficient (Wildman–Crippen LogP) is 5.63. The van der Waals surface area contributed by atoms with Crippen LogP contribution in [0.4, 0.5) is 5.69 Å². The van der Waals surface area contributed by atoms with Crippen molar-refractivity contribution in [3.05, 3.63) is 65.4 Å². The van der Waals surface area contributed by atoms with Gasteiger partial charge in [0.1, 0.15) is 11.3 Å². The lowest BCUT2D eigenvalue weighted by atomic mass is 10.0. The minimum Gasteiger partial charge on any atom is -0.506 e. The summed E-state index contributed by atoms with van der Waals surface area (Å²) in [5.74, 6) is 0.234. The third-order valence-corrected chi connectivity index (χ3v) is 4.80. The molecule has 0 aliphatic rings. The van der Waals surface area contributed by atoms with Gasteiger partial charge in [0.25, 0.3) is 0 Å². The van der Waals surface area contributed by atoms with Crippen LogP contribution in [0.25, 0.3) is 10.9 Å². The van der Waals surface area contributed by atoms with Crippen LogP contribution in [0.1, 0.15) is 50.1 Å². The quantitative estimate of drug-likeness (QED) is 0.614. The number of fused-ring (bicyclic) bond motifs is 1. The van der Waals surface area contributed by atoms with Gasteiger partial charge >= 0.3 is 0 Å². The van der Waals surface area contributed by atoms with Crippen LogP contribution in [0.5, 0.6) is 5.75 Å². The first kappa shape index (κ1) is 17.3. The predicted molar refractivity (Wildman–Crippen MR) is 105 cm³/mol. The number of nitrogens with one attached hydrogen (secondary N) is 1. The molecule has 1 aromatic heterocycles. The van der Waals surface area contributed by atoms with Crippen molar-refractivity contribution in [2.45, 2.75) is 46.1 Å². The Hall–Kier alpha value is -2.55. The SMILES string of the molecule is CCc1cccc(CC)c1NC(CC)c1ccc2cccc(O)c2n1. The van der Waals surface area contributed by atoms with E-state index in [0.717, 1.165) is 30.3 Å². The lowest BCUT2D eigenvalue weighted by Crippen LogP contribution is -2.14. The number of aromatic hydroxyl groups is 1. The average Bonchev–Trinajstić information content (AvgIpc) is 2.66. The first-order chi connectivity index (χ1) is 12.2. The zero-order valence-electron chi connectivity index (χ0n) is 15.2. The van der Waals surface area contributed by atoms with Crippen LogP contribution in [0.3, 0.4) is 0 Å². The van der Waals surface area contributed by atoms with E-state index < -0.39 is 0 Å². The maximum atomic E-state index is 10.1. The van der Waals surface area contributed by atoms with Gasteiger partial charge in [-0.1, -0.05) is 57.2 Å². The summed E-state index contributed by atoms with van der Waals surface area (Å²) in [6.45, 7) is 6.54. The summed E-state index contributed by atoms with van der Waals surface area (Å²) in [6, 6.07) is 16.2. The van der Waals surface area contributed by atoms with Crippen molar-refractivity contribution in [3.8, 4) is 5.75 Å². The summed E-state index contributed by atoms with van der Waals surface area (Å²) in [5, 5.41) is 14.8. The van der Waals surface area contributed by atoms with E-state index in [1.807, 2.05) is 18.2 Å². The third kappa shape index (κ3) is 3.46. The van der Waals surface area contributed by atoms with Gasteiger partial charge < -0.3 is 10.4 Å². The van der Waals surface area contributed by atoms with E-state index in [0.29, 0.717) is 5.52 Å². The number of phenols is 1. The minimum absolute atomic E-state index is 0.113. The molecule has 1 atom stereocenters. The van der Waals surface area contributed by atoms with E-state index in [-0.39, 0.29) is 11.8 Å². The highest BCUT2D eigenvalue weighted by atomic mass is 16.3. The maximum Gasteiger partial charge on any atom is 0.141 e. The van der Waals surface area contributed by atoms with Crippen LogP contribution in [0, 0.1) is 0 Å². The second kappa shape index (κ2) is 7.56. The topological polar surface area (TPSA) is 45.1 Å². The minimum atomic E-state index is 0.113. The molecule has 3 rings (SSSR count). The second-order valence-electron chi connectivity index (χ2n) is 6.35. The van der Waals surface area contributed by atoms with E-state index in [1.165, 1.54) is 16.8 Å². The number of benzene rings is 2. The number of pyridine rings is 1. The molecule has 25 heavy (non-hydrogen) atoms. The van der Waals surface area contributed by atoms with Crippen molar-refractivity contribution < 1.29 is 5.11 Å². The lowest BCUT2D eigenvalue weighted by Gasteiger charge is -2.23. The van der Waals surface area contributed by atoms with Gasteiger partial charge in [-0.05, 0) is 42.5 Å². The van der Waals surface area contributed by atoms with Gasteiger partial charge in [-0.2, -0.15) is 0 Å². The molecule has 0 fully saturated rings. The highest BCUT2D eigenvalue weighted by molar-refractivity contribution is 5.84. The molecular weight excluding hydrogens is 308 g/mol. The van der Waals surface area contributed by atoms with Crippen molar-refractivity contribution in [3.63, 3.8) is 0 Å². The molecule has 2 aromatic carbocycles. The summed E-state index contributed by atoms with van der Waals surface area (Å²) >= 11 is 0. The van der Waals surface area contributed by atoms with Crippen molar-refractivity contribution in [2.24, 2.45) is 0 Å². The number of aryl methyl sites for hydroxylation is 2. The van der Waals surface area contributed by atoms with Crippen LogP contribution in [0.2, 0.25) is 0 Å². The fraction of sp³-hybridized carbons (Fsp3) is 0.318. The van der Waals surface area contributed by atoms with Crippen LogP contribution < -0.4 is 5.32 Å². The number of nitrogens with zero attached hydrogens (tertiary/aromatic N) is 1. The van der Waals surface area contributed by atoms with Crippen molar-refractivity contribution in [2.75, 3.05) is 5.32 Å². The fourth-order valence-electron chi connectivity index (χ4n) is 3.33. The highest BCUT2D eigenvalue weighted by Crippen LogP contribution is 2.30. The fourth-order valence-corrected chi connectivity index (χ4v) is 3.33. The van der Waals surface area contributed by atoms with Gasteiger partial charge in [0, 0.05) is 11.1 Å². The molecule has 1 unspecified atom stereocenters. The molecule has 0 amide bonds. The van der Waals surface area contributed by atoms with E-state index in [2.05, 4.69) is 50.4 Å². The van der Waals surface area contributed by atoms with Gasteiger partial charge in [0.2, 0.25) is 0 Å². The van der Waals surface area contributed by atoms with Crippen molar-refractivity contribution in [1.82, 2.24) is 4.98 Å². The molecule has 1 heterocycles. The molecule has 0 saturated heterocycles. The summed E-state index contributed by atoms with van der Waals surface area (Å²) in [6.07, 6.45) is 2.92. The summed E-state index contributed by atoms with van der Waals surface area (Å²) < 4.78 is 0. The molecule has 130 valence electrons. The number of aromatic nitrogens is 1. The first-order valence-electron chi connectivity index (χ1n) is 9.13. The van der Waals surface area contributed by atoms with Crippen LogP contribution in [0.15, 0.2) is 48.5 Å². The number of hydrogen-bond acceptors (Lipinski definition) is 3. The van der Waals surface area contributed by atoms with Gasteiger partial charge in [0.15, 0.2) is 0 Å². The largest absolute Gasteiger partial charge is 0.506 e. The van der Waals surface area contributed by atoms with Gasteiger partial charge in [-0.25, -0.2) is 4.98 Å². The van der Waals surface area contributed by atoms with Crippen molar-refractivity contribution in [1.29, 1.82) is 0 Å². The molecule has 0 saturated carbocycles. The molecule has 0 bridgehead atoms. The van der Waals surface area contributed by atoms with E-state index in [9.17, 15) is 5.11 Å². The number of phenolic OH excluding ortho intramolecular Hbond substituents is 1. The van der Waals surface area contributed by atoms with E-state index in [1.54, 1.807) is 6.07 Å². The highest BCUT2D eigenvalue weighted by Gasteiger charge is 2.15. The van der Waals surface area contributed by atoms with Crippen LogP contribution in [-0.2, 0) is 12.8 Å². The Morgan fingerprint density at radius 1 is 0.920 bits per heavy atom. The molecule has 3 aromatic rings. The van der Waals surface area contributed by atoms with Crippen LogP contribution >= 0.6 is 0 Å². The molecule has 0 aliphatic heterocycles. The number of para-hydroxylation sites is 2. The van der Waals surface area contributed by atoms with Gasteiger partial charge in [-0.3, -0.25) is 0 Å². The smallest absolute Gasteiger partial charge is 0.141 e. The normalized spacial score (nSPS) is 12.3. The monoisotopic (exact) mass is 334 g/mol. The average molecular weight is 334 g/mol. The lowest BCUT2D eigenvalue weighted by molar-refractivity contribution is 0.480. The van der Waals surface area contributed by atoms with Gasteiger partial charge in [0.05, 0.1) is 11.7 Å². The summed E-state index contributed by atoms with van der Waals surface area (Å²) in [4.78, 5) is 4.74. The standard InChI is InChI=1S/C22H26N2O/c1-4-15-9-7-10-16(5-2)21(15)23-18(6-3)19-14-13-17-11-8-12-20(25)22(17)24-19/h7-14,18,23,25H,4-6H2,1-3H3. The molecule has 0 radical (unpaired) electrons. The van der Waals surface area contributed by atoms with E-state index >= 15 is 0 Å². The molecule has 2 N–H and O–H groups in total. The van der Waals surface area contributed by atoms with Crippen LogP contribution in [-0.4, -0.2) is 10.1 Å². The second-order valence-corrected chi connectivity index (χ2v) is 6.35. The molecule has 0 aliphatic carbocycles. The maximum absolute atomic E-state index is 10.1. The zero-order valence-corrected chi connectivity index (χ0v) is 15.2. The molecule has 0 spiro atoms. The Morgan fingerprint density at radius 2 is 1.60 bits per heavy atom. The number of hydrogen-bond donors (Lipinski definition) is 2. The Bertz CT molecular complexity index is 851. The Labute approximate surface area is 149 Å². The molecule has 3 nitrogen and oxygen atoms in total. The zero-order chi connectivity index (χ0) is 17.8. The Kier molecular flexibility index (Phi) is 5.22. The Balaban J connectivity index is 2.00. The van der Waals surface area contributed by atoms with Crippen molar-refractivity contribution >= 4 is 16.6 Å². The Morgan fingerprint density at radius 3 is 2.24 bits per heavy atom. The van der Waals surface area contributed by atoms with E-state index in [4.69, 9.17) is 4.98 Å². The number of anilines is 1. The number of rotatable bonds is 6.